The Hall–Kier alpha value is -1.74. The molecule has 0 saturated carbocycles. The Morgan fingerprint density at radius 1 is 1.24 bits per heavy atom. The topological polar surface area (TPSA) is 114 Å². The Morgan fingerprint density at radius 3 is 2.38 bits per heavy atom. The first-order valence-electron chi connectivity index (χ1n) is 9.28. The van der Waals surface area contributed by atoms with Gasteiger partial charge in [0.05, 0.1) is 26.5 Å². The molecule has 1 aliphatic rings. The number of nitrogens with zero attached hydrogens (tertiary/aromatic N) is 2. The van der Waals surface area contributed by atoms with Crippen molar-refractivity contribution in [2.24, 2.45) is 10.8 Å². The molecule has 1 unspecified atom stereocenters. The van der Waals surface area contributed by atoms with Crippen LogP contribution in [0.1, 0.15) is 53.3 Å². The van der Waals surface area contributed by atoms with E-state index in [2.05, 4.69) is 4.98 Å². The number of thioether (sulfide) groups is 1. The van der Waals surface area contributed by atoms with Crippen LogP contribution in [0.5, 0.6) is 0 Å². The molecule has 3 atom stereocenters. The van der Waals surface area contributed by atoms with E-state index in [1.165, 1.54) is 22.5 Å². The summed E-state index contributed by atoms with van der Waals surface area (Å²) in [5.74, 6) is -0.754. The Balaban J connectivity index is 2.24. The van der Waals surface area contributed by atoms with E-state index < -0.39 is 22.6 Å². The number of aromatic nitrogens is 2. The zero-order valence-electron chi connectivity index (χ0n) is 17.5. The lowest BCUT2D eigenvalue weighted by molar-refractivity contribution is -0.160. The quantitative estimate of drug-likeness (QED) is 0.703. The molecule has 2 N–H and O–H groups in total. The number of hydrogen-bond donors (Lipinski definition) is 1. The maximum absolute atomic E-state index is 12.4. The van der Waals surface area contributed by atoms with Crippen LogP contribution in [-0.4, -0.2) is 39.5 Å². The molecule has 29 heavy (non-hydrogen) atoms. The second-order valence-corrected chi connectivity index (χ2v) is 10.9. The van der Waals surface area contributed by atoms with Gasteiger partial charge < -0.3 is 15.2 Å². The van der Waals surface area contributed by atoms with Gasteiger partial charge >= 0.3 is 17.6 Å². The minimum Gasteiger partial charge on any atom is -0.464 e. The van der Waals surface area contributed by atoms with Crippen molar-refractivity contribution in [3.05, 3.63) is 21.7 Å². The molecule has 2 heterocycles. The van der Waals surface area contributed by atoms with E-state index in [0.717, 1.165) is 0 Å². The summed E-state index contributed by atoms with van der Waals surface area (Å²) in [5, 5.41) is -0.555. The maximum atomic E-state index is 12.4. The van der Waals surface area contributed by atoms with Crippen molar-refractivity contribution in [2.45, 2.75) is 64.7 Å². The first-order chi connectivity index (χ1) is 13.2. The molecule has 0 amide bonds. The van der Waals surface area contributed by atoms with Crippen molar-refractivity contribution in [2.75, 3.05) is 12.3 Å². The van der Waals surface area contributed by atoms with Crippen LogP contribution in [0.3, 0.4) is 0 Å². The molecule has 8 nitrogen and oxygen atoms in total. The Morgan fingerprint density at radius 2 is 1.83 bits per heavy atom. The lowest BCUT2D eigenvalue weighted by Crippen LogP contribution is -2.35. The molecule has 1 aromatic heterocycles. The fraction of sp³-hybridized carbons (Fsp3) is 0.684. The molecule has 0 aromatic carbocycles. The molecule has 0 radical (unpaired) electrons. The largest absolute Gasteiger partial charge is 0.464 e. The highest BCUT2D eigenvalue weighted by Crippen LogP contribution is 2.43. The minimum atomic E-state index is -0.682. The number of halogens is 1. The van der Waals surface area contributed by atoms with Crippen molar-refractivity contribution < 1.29 is 19.1 Å². The number of ether oxygens (including phenoxy) is 2. The maximum Gasteiger partial charge on any atom is 0.350 e. The van der Waals surface area contributed by atoms with Crippen LogP contribution in [0.4, 0.5) is 5.82 Å². The van der Waals surface area contributed by atoms with Crippen LogP contribution in [0.2, 0.25) is 5.02 Å². The molecule has 10 heteroatoms. The number of nitrogen functional groups attached to an aromatic ring is 1. The molecule has 1 aliphatic heterocycles. The summed E-state index contributed by atoms with van der Waals surface area (Å²) < 4.78 is 12.5. The standard InChI is InChI=1S/C19H28ClN3O5S/c1-18(2,3)15(24)27-9-12-11(28-16(25)19(4,5)6)7-13(29-12)23-8-10(20)14(21)22-17(23)26/h8,11-13H,7,9H2,1-6H3,(H2,21,22,26)/t11-,12+,13?/m0/s1. The summed E-state index contributed by atoms with van der Waals surface area (Å²) in [4.78, 5) is 40.6. The number of carbonyl (C=O) groups is 2. The van der Waals surface area contributed by atoms with Gasteiger partial charge in [-0.1, -0.05) is 11.6 Å². The molecular formula is C19H28ClN3O5S. The fourth-order valence-corrected chi connectivity index (χ4v) is 4.12. The molecule has 0 spiro atoms. The third-order valence-electron chi connectivity index (χ3n) is 4.29. The van der Waals surface area contributed by atoms with Gasteiger partial charge in [-0.25, -0.2) is 4.79 Å². The molecular weight excluding hydrogens is 418 g/mol. The Bertz CT molecular complexity index is 844. The summed E-state index contributed by atoms with van der Waals surface area (Å²) >= 11 is 7.40. The van der Waals surface area contributed by atoms with Crippen LogP contribution in [-0.2, 0) is 19.1 Å². The van der Waals surface area contributed by atoms with Gasteiger partial charge in [0.15, 0.2) is 0 Å². The molecule has 1 saturated heterocycles. The fourth-order valence-electron chi connectivity index (χ4n) is 2.50. The van der Waals surface area contributed by atoms with Crippen molar-refractivity contribution in [1.29, 1.82) is 0 Å². The van der Waals surface area contributed by atoms with Gasteiger partial charge in [-0.3, -0.25) is 14.2 Å². The number of hydrogen-bond acceptors (Lipinski definition) is 8. The van der Waals surface area contributed by atoms with Gasteiger partial charge in [-0.05, 0) is 41.5 Å². The van der Waals surface area contributed by atoms with Gasteiger partial charge in [0.1, 0.15) is 18.5 Å². The number of nitrogens with two attached hydrogens (primary N) is 1. The molecule has 0 bridgehead atoms. The van der Waals surface area contributed by atoms with Gasteiger partial charge in [0.2, 0.25) is 0 Å². The molecule has 162 valence electrons. The summed E-state index contributed by atoms with van der Waals surface area (Å²) in [6.45, 7) is 10.6. The van der Waals surface area contributed by atoms with E-state index in [0.29, 0.717) is 6.42 Å². The number of rotatable bonds is 4. The SMILES string of the molecule is CC(C)(C)C(=O)OC[C@H]1SC(n2cc(Cl)c(N)nc2=O)C[C@@H]1OC(=O)C(C)(C)C. The third kappa shape index (κ3) is 5.88. The smallest absolute Gasteiger partial charge is 0.350 e. The predicted molar refractivity (Wildman–Crippen MR) is 113 cm³/mol. The van der Waals surface area contributed by atoms with Gasteiger partial charge in [0.25, 0.3) is 0 Å². The number of anilines is 1. The van der Waals surface area contributed by atoms with Crippen LogP contribution in [0.25, 0.3) is 0 Å². The second kappa shape index (κ2) is 8.55. The zero-order chi connectivity index (χ0) is 22.1. The van der Waals surface area contributed by atoms with E-state index in [1.54, 1.807) is 41.5 Å². The van der Waals surface area contributed by atoms with Crippen LogP contribution < -0.4 is 11.4 Å². The van der Waals surface area contributed by atoms with E-state index >= 15 is 0 Å². The van der Waals surface area contributed by atoms with Crippen LogP contribution in [0.15, 0.2) is 11.0 Å². The normalized spacial score (nSPS) is 22.4. The Kier molecular flexibility index (Phi) is 6.94. The highest BCUT2D eigenvalue weighted by atomic mass is 35.5. The summed E-state index contributed by atoms with van der Waals surface area (Å²) in [5.41, 5.74) is 3.71. The monoisotopic (exact) mass is 445 g/mol. The average molecular weight is 446 g/mol. The first kappa shape index (κ1) is 23.5. The third-order valence-corrected chi connectivity index (χ3v) is 6.10. The summed E-state index contributed by atoms with van der Waals surface area (Å²) in [6.07, 6.45) is 1.25. The van der Waals surface area contributed by atoms with E-state index in [4.69, 9.17) is 26.8 Å². The molecule has 0 aliphatic carbocycles. The van der Waals surface area contributed by atoms with E-state index in [1.807, 2.05) is 0 Å². The van der Waals surface area contributed by atoms with Gasteiger partial charge in [0, 0.05) is 12.6 Å². The molecule has 2 rings (SSSR count). The van der Waals surface area contributed by atoms with Crippen LogP contribution >= 0.6 is 23.4 Å². The zero-order valence-corrected chi connectivity index (χ0v) is 19.1. The Labute approximate surface area is 179 Å². The van der Waals surface area contributed by atoms with Crippen molar-refractivity contribution >= 4 is 41.1 Å². The predicted octanol–water partition coefficient (Wildman–Crippen LogP) is 3.03. The summed E-state index contributed by atoms with van der Waals surface area (Å²) in [7, 11) is 0. The van der Waals surface area contributed by atoms with Crippen molar-refractivity contribution in [3.8, 4) is 0 Å². The van der Waals surface area contributed by atoms with Gasteiger partial charge in [-0.15, -0.1) is 11.8 Å². The van der Waals surface area contributed by atoms with E-state index in [9.17, 15) is 14.4 Å². The highest BCUT2D eigenvalue weighted by Gasteiger charge is 2.42. The number of esters is 2. The minimum absolute atomic E-state index is 0.0396. The van der Waals surface area contributed by atoms with Crippen LogP contribution in [0, 0.1) is 10.8 Å². The van der Waals surface area contributed by atoms with Crippen molar-refractivity contribution in [1.82, 2.24) is 9.55 Å². The second-order valence-electron chi connectivity index (χ2n) is 9.07. The molecule has 1 fully saturated rings. The highest BCUT2D eigenvalue weighted by molar-refractivity contribution is 8.00. The summed E-state index contributed by atoms with van der Waals surface area (Å²) in [6, 6.07) is 0. The average Bonchev–Trinajstić information content (AvgIpc) is 2.96. The first-order valence-corrected chi connectivity index (χ1v) is 10.6. The van der Waals surface area contributed by atoms with Crippen molar-refractivity contribution in [3.63, 3.8) is 0 Å². The van der Waals surface area contributed by atoms with E-state index in [-0.39, 0.29) is 40.0 Å². The molecule has 1 aromatic rings. The number of carbonyl (C=O) groups excluding carboxylic acids is 2. The lowest BCUT2D eigenvalue weighted by atomic mass is 9.97. The van der Waals surface area contributed by atoms with Gasteiger partial charge in [-0.2, -0.15) is 4.98 Å². The lowest BCUT2D eigenvalue weighted by Gasteiger charge is -2.25.